The molecular formula is C30H44O7. The lowest BCUT2D eigenvalue weighted by Gasteiger charge is -2.61. The molecule has 0 heterocycles. The van der Waals surface area contributed by atoms with Crippen molar-refractivity contribution in [2.45, 2.75) is 105 Å². The SMILES string of the molecule is C/C(=C\C(O)C[C@@H](C)C1C[C@H](O)[C@@]2(C)C3=C(C(=O)CC12C)C1(C)CCC(=O)C(C)(C)C1C[C@@H]3O)C(=O)O. The number of hydrogen-bond acceptors (Lipinski definition) is 6. The molecule has 4 N–H and O–H groups in total. The average molecular weight is 517 g/mol. The summed E-state index contributed by atoms with van der Waals surface area (Å²) in [5, 5.41) is 43.0. The van der Waals surface area contributed by atoms with Gasteiger partial charge in [-0.1, -0.05) is 41.5 Å². The van der Waals surface area contributed by atoms with E-state index in [2.05, 4.69) is 6.92 Å². The minimum atomic E-state index is -1.08. The maximum atomic E-state index is 14.1. The second-order valence-corrected chi connectivity index (χ2v) is 13.7. The summed E-state index contributed by atoms with van der Waals surface area (Å²) in [7, 11) is 0. The number of hydrogen-bond donors (Lipinski definition) is 4. The van der Waals surface area contributed by atoms with E-state index in [4.69, 9.17) is 5.11 Å². The van der Waals surface area contributed by atoms with Gasteiger partial charge in [0.05, 0.1) is 18.3 Å². The predicted molar refractivity (Wildman–Crippen MR) is 138 cm³/mol. The van der Waals surface area contributed by atoms with E-state index in [0.29, 0.717) is 43.3 Å². The zero-order chi connectivity index (χ0) is 27.9. The lowest BCUT2D eigenvalue weighted by Crippen LogP contribution is -2.60. The first-order valence-electron chi connectivity index (χ1n) is 13.7. The third-order valence-corrected chi connectivity index (χ3v) is 11.5. The smallest absolute Gasteiger partial charge is 0.331 e. The van der Waals surface area contributed by atoms with Crippen molar-refractivity contribution in [2.24, 2.45) is 39.4 Å². The standard InChI is InChI=1S/C30H44O7/c1-15(10-17(31)11-16(2)26(36)37)18-12-23(35)30(7)25-19(32)13-21-27(3,4)22(34)8-9-28(21,5)24(25)20(33)14-29(18,30)6/h11,15,17-19,21,23,31-32,35H,8-10,12-14H2,1-7H3,(H,36,37)/b16-11+/t15-,17?,18?,19+,21?,23+,28?,29?,30+/m1/s1. The minimum Gasteiger partial charge on any atom is -0.478 e. The van der Waals surface area contributed by atoms with Gasteiger partial charge in [0.25, 0.3) is 0 Å². The topological polar surface area (TPSA) is 132 Å². The molecule has 0 aromatic carbocycles. The molecule has 206 valence electrons. The number of carbonyl (C=O) groups is 3. The molecule has 7 nitrogen and oxygen atoms in total. The van der Waals surface area contributed by atoms with Crippen molar-refractivity contribution in [3.63, 3.8) is 0 Å². The third-order valence-electron chi connectivity index (χ3n) is 11.5. The van der Waals surface area contributed by atoms with Crippen LogP contribution in [0.15, 0.2) is 22.8 Å². The lowest BCUT2D eigenvalue weighted by molar-refractivity contribution is -0.146. The van der Waals surface area contributed by atoms with Gasteiger partial charge in [0, 0.05) is 40.2 Å². The van der Waals surface area contributed by atoms with E-state index in [1.54, 1.807) is 0 Å². The first-order valence-corrected chi connectivity index (χ1v) is 13.7. The van der Waals surface area contributed by atoms with Gasteiger partial charge in [0.15, 0.2) is 5.78 Å². The van der Waals surface area contributed by atoms with Gasteiger partial charge >= 0.3 is 5.97 Å². The minimum absolute atomic E-state index is 0.000148. The number of aliphatic hydroxyl groups is 3. The number of ketones is 2. The van der Waals surface area contributed by atoms with Gasteiger partial charge in [-0.2, -0.15) is 0 Å². The van der Waals surface area contributed by atoms with Gasteiger partial charge in [-0.25, -0.2) is 4.79 Å². The molecule has 2 saturated carbocycles. The maximum absolute atomic E-state index is 14.1. The fourth-order valence-electron chi connectivity index (χ4n) is 9.16. The van der Waals surface area contributed by atoms with Crippen LogP contribution in [0.5, 0.6) is 0 Å². The molecule has 4 rings (SSSR count). The summed E-state index contributed by atoms with van der Waals surface area (Å²) in [5.41, 5.74) is -1.26. The molecule has 5 unspecified atom stereocenters. The molecule has 0 aromatic rings. The second kappa shape index (κ2) is 8.85. The number of carboxylic acid groups (broad SMARTS) is 1. The summed E-state index contributed by atoms with van der Waals surface area (Å²) >= 11 is 0. The van der Waals surface area contributed by atoms with E-state index in [9.17, 15) is 29.7 Å². The summed E-state index contributed by atoms with van der Waals surface area (Å²) in [5.74, 6) is -1.27. The molecular weight excluding hydrogens is 472 g/mol. The van der Waals surface area contributed by atoms with Crippen LogP contribution in [0.25, 0.3) is 0 Å². The van der Waals surface area contributed by atoms with Gasteiger partial charge < -0.3 is 20.4 Å². The van der Waals surface area contributed by atoms with E-state index >= 15 is 0 Å². The quantitative estimate of drug-likeness (QED) is 0.408. The second-order valence-electron chi connectivity index (χ2n) is 13.7. The molecule has 4 aliphatic rings. The fourth-order valence-corrected chi connectivity index (χ4v) is 9.16. The van der Waals surface area contributed by atoms with Crippen LogP contribution in [0, 0.1) is 39.4 Å². The van der Waals surface area contributed by atoms with E-state index in [1.807, 2.05) is 34.6 Å². The molecule has 0 spiro atoms. The summed E-state index contributed by atoms with van der Waals surface area (Å²) in [6, 6.07) is 0. The van der Waals surface area contributed by atoms with Crippen molar-refractivity contribution in [3.05, 3.63) is 22.8 Å². The Kier molecular flexibility index (Phi) is 6.74. The molecule has 4 aliphatic carbocycles. The van der Waals surface area contributed by atoms with Crippen LogP contribution in [0.1, 0.15) is 87.0 Å². The Morgan fingerprint density at radius 3 is 2.32 bits per heavy atom. The molecule has 37 heavy (non-hydrogen) atoms. The van der Waals surface area contributed by atoms with Gasteiger partial charge in [-0.05, 0) is 67.4 Å². The van der Waals surface area contributed by atoms with E-state index in [1.165, 1.54) is 13.0 Å². The van der Waals surface area contributed by atoms with Crippen molar-refractivity contribution in [1.29, 1.82) is 0 Å². The summed E-state index contributed by atoms with van der Waals surface area (Å²) in [6.07, 6.45) is 1.04. The van der Waals surface area contributed by atoms with Crippen LogP contribution in [-0.2, 0) is 14.4 Å². The molecule has 9 atom stereocenters. The van der Waals surface area contributed by atoms with Crippen LogP contribution in [0.2, 0.25) is 0 Å². The van der Waals surface area contributed by atoms with Crippen LogP contribution in [0.4, 0.5) is 0 Å². The highest BCUT2D eigenvalue weighted by Gasteiger charge is 2.70. The molecule has 0 aliphatic heterocycles. The number of carbonyl (C=O) groups excluding carboxylic acids is 2. The highest BCUT2D eigenvalue weighted by Crippen LogP contribution is 2.71. The Hall–Kier alpha value is -1.83. The van der Waals surface area contributed by atoms with E-state index in [-0.39, 0.29) is 41.3 Å². The van der Waals surface area contributed by atoms with Gasteiger partial charge in [0.2, 0.25) is 0 Å². The molecule has 0 radical (unpaired) electrons. The van der Waals surface area contributed by atoms with Crippen molar-refractivity contribution in [2.75, 3.05) is 0 Å². The van der Waals surface area contributed by atoms with Crippen molar-refractivity contribution >= 4 is 17.5 Å². The third kappa shape index (κ3) is 3.82. The first-order chi connectivity index (χ1) is 16.9. The monoisotopic (exact) mass is 516 g/mol. The van der Waals surface area contributed by atoms with Crippen molar-refractivity contribution < 1.29 is 34.8 Å². The molecule has 7 heteroatoms. The number of aliphatic hydroxyl groups excluding tert-OH is 3. The number of carboxylic acids is 1. The number of fused-ring (bicyclic) bond motifs is 4. The number of aliphatic carboxylic acids is 1. The molecule has 0 aromatic heterocycles. The Labute approximate surface area is 220 Å². The van der Waals surface area contributed by atoms with Crippen LogP contribution >= 0.6 is 0 Å². The first kappa shape index (κ1) is 28.2. The Morgan fingerprint density at radius 1 is 1.11 bits per heavy atom. The lowest BCUT2D eigenvalue weighted by atomic mass is 9.42. The van der Waals surface area contributed by atoms with Gasteiger partial charge in [-0.3, -0.25) is 9.59 Å². The zero-order valence-electron chi connectivity index (χ0n) is 23.3. The Morgan fingerprint density at radius 2 is 1.73 bits per heavy atom. The summed E-state index contributed by atoms with van der Waals surface area (Å²) < 4.78 is 0. The molecule has 2 fully saturated rings. The normalized spacial score (nSPS) is 43.1. The van der Waals surface area contributed by atoms with Crippen molar-refractivity contribution in [1.82, 2.24) is 0 Å². The summed E-state index contributed by atoms with van der Waals surface area (Å²) in [4.78, 5) is 38.1. The van der Waals surface area contributed by atoms with E-state index < -0.39 is 45.9 Å². The van der Waals surface area contributed by atoms with E-state index in [0.717, 1.165) is 0 Å². The molecule has 0 saturated heterocycles. The number of rotatable bonds is 5. The van der Waals surface area contributed by atoms with Crippen LogP contribution in [-0.4, -0.2) is 56.3 Å². The predicted octanol–water partition coefficient (Wildman–Crippen LogP) is 3.84. The fraction of sp³-hybridized carbons (Fsp3) is 0.767. The highest BCUT2D eigenvalue weighted by atomic mass is 16.4. The molecule has 0 bridgehead atoms. The Balaban J connectivity index is 1.77. The summed E-state index contributed by atoms with van der Waals surface area (Å²) in [6.45, 7) is 13.4. The van der Waals surface area contributed by atoms with Gasteiger partial charge in [0.1, 0.15) is 5.78 Å². The van der Waals surface area contributed by atoms with Crippen LogP contribution in [0.3, 0.4) is 0 Å². The highest BCUT2D eigenvalue weighted by molar-refractivity contribution is 6.01. The molecule has 0 amide bonds. The van der Waals surface area contributed by atoms with Gasteiger partial charge in [-0.15, -0.1) is 0 Å². The van der Waals surface area contributed by atoms with Crippen molar-refractivity contribution in [3.8, 4) is 0 Å². The maximum Gasteiger partial charge on any atom is 0.331 e. The Bertz CT molecular complexity index is 1090. The zero-order valence-corrected chi connectivity index (χ0v) is 23.3. The van der Waals surface area contributed by atoms with Crippen LogP contribution < -0.4 is 0 Å². The number of allylic oxidation sites excluding steroid dienone is 1. The average Bonchev–Trinajstić information content (AvgIpc) is 2.99. The largest absolute Gasteiger partial charge is 0.478 e. The number of Topliss-reactive ketones (excluding diaryl/α,β-unsaturated/α-hetero) is 2.